The minimum absolute atomic E-state index is 0.0294. The Morgan fingerprint density at radius 2 is 1.62 bits per heavy atom. The maximum Gasteiger partial charge on any atom is 0.246 e. The topological polar surface area (TPSA) is 43.9 Å². The molecule has 6 heteroatoms. The van der Waals surface area contributed by atoms with E-state index in [4.69, 9.17) is 0 Å². The number of carbonyl (C=O) groups is 2. The molecule has 3 rings (SSSR count). The summed E-state index contributed by atoms with van der Waals surface area (Å²) in [6.07, 6.45) is 3.95. The van der Waals surface area contributed by atoms with Crippen LogP contribution in [0.25, 0.3) is 6.08 Å². The molecule has 2 amide bonds. The normalized spacial score (nSPS) is 15.0. The summed E-state index contributed by atoms with van der Waals surface area (Å²) in [5.41, 5.74) is 1.83. The van der Waals surface area contributed by atoms with E-state index >= 15 is 0 Å². The number of nitrogens with zero attached hydrogens (tertiary/aromatic N) is 3. The Morgan fingerprint density at radius 1 is 0.971 bits per heavy atom. The van der Waals surface area contributed by atoms with Gasteiger partial charge in [0.1, 0.15) is 5.82 Å². The van der Waals surface area contributed by atoms with Gasteiger partial charge in [0.15, 0.2) is 0 Å². The number of amides is 2. The third-order valence-corrected chi connectivity index (χ3v) is 5.91. The van der Waals surface area contributed by atoms with Gasteiger partial charge in [-0.2, -0.15) is 0 Å². The van der Waals surface area contributed by atoms with Crippen molar-refractivity contribution in [3.8, 4) is 0 Å². The highest BCUT2D eigenvalue weighted by molar-refractivity contribution is 5.91. The number of rotatable bonds is 8. The van der Waals surface area contributed by atoms with E-state index in [1.54, 1.807) is 18.2 Å². The van der Waals surface area contributed by atoms with Crippen molar-refractivity contribution in [1.82, 2.24) is 14.7 Å². The largest absolute Gasteiger partial charge is 0.337 e. The first-order valence-electron chi connectivity index (χ1n) is 12.0. The molecule has 1 saturated heterocycles. The van der Waals surface area contributed by atoms with E-state index < -0.39 is 0 Å². The number of carbonyl (C=O) groups excluding carboxylic acids is 2. The van der Waals surface area contributed by atoms with Crippen LogP contribution in [0.2, 0.25) is 0 Å². The third kappa shape index (κ3) is 8.41. The van der Waals surface area contributed by atoms with Crippen molar-refractivity contribution in [2.45, 2.75) is 33.7 Å². The van der Waals surface area contributed by atoms with Gasteiger partial charge < -0.3 is 9.80 Å². The van der Waals surface area contributed by atoms with Gasteiger partial charge in [-0.25, -0.2) is 4.39 Å². The minimum Gasteiger partial charge on any atom is -0.337 e. The summed E-state index contributed by atoms with van der Waals surface area (Å²) in [6, 6.07) is 16.1. The highest BCUT2D eigenvalue weighted by Gasteiger charge is 2.24. The standard InChI is InChI=1S/C28H36FN3O2/c1-28(2,3)21-27(34)32(22-24-9-12-25(29)13-10-24)20-17-30-15-18-31(19-16-30)26(33)14-11-23-7-5-4-6-8-23/h4-14H,15-22H2,1-3H3/b14-11+. The van der Waals surface area contributed by atoms with Crippen LogP contribution < -0.4 is 0 Å². The number of halogens is 1. The summed E-state index contributed by atoms with van der Waals surface area (Å²) in [4.78, 5) is 31.6. The van der Waals surface area contributed by atoms with Crippen molar-refractivity contribution in [2.24, 2.45) is 5.41 Å². The van der Waals surface area contributed by atoms with Gasteiger partial charge in [0.25, 0.3) is 0 Å². The van der Waals surface area contributed by atoms with E-state index in [1.807, 2.05) is 46.2 Å². The lowest BCUT2D eigenvalue weighted by Crippen LogP contribution is -2.50. The van der Waals surface area contributed by atoms with Gasteiger partial charge in [0.05, 0.1) is 0 Å². The fourth-order valence-electron chi connectivity index (χ4n) is 3.96. The molecule has 2 aromatic rings. The van der Waals surface area contributed by atoms with Gasteiger partial charge in [-0.15, -0.1) is 0 Å². The quantitative estimate of drug-likeness (QED) is 0.541. The molecular formula is C28H36FN3O2. The van der Waals surface area contributed by atoms with Crippen LogP contribution in [-0.4, -0.2) is 65.8 Å². The second-order valence-electron chi connectivity index (χ2n) is 10.1. The van der Waals surface area contributed by atoms with Crippen LogP contribution in [0.4, 0.5) is 4.39 Å². The van der Waals surface area contributed by atoms with Crippen molar-refractivity contribution in [3.05, 3.63) is 77.6 Å². The SMILES string of the molecule is CC(C)(C)CC(=O)N(CCN1CCN(C(=O)/C=C/c2ccccc2)CC1)Cc1ccc(F)cc1. The summed E-state index contributed by atoms with van der Waals surface area (Å²) >= 11 is 0. The molecule has 0 atom stereocenters. The number of benzene rings is 2. The zero-order valence-corrected chi connectivity index (χ0v) is 20.5. The maximum absolute atomic E-state index is 13.3. The molecule has 1 aliphatic heterocycles. The monoisotopic (exact) mass is 465 g/mol. The van der Waals surface area contributed by atoms with Gasteiger partial charge in [-0.1, -0.05) is 63.2 Å². The zero-order chi connectivity index (χ0) is 24.6. The van der Waals surface area contributed by atoms with Crippen LogP contribution in [0.15, 0.2) is 60.7 Å². The molecule has 0 N–H and O–H groups in total. The molecular weight excluding hydrogens is 429 g/mol. The van der Waals surface area contributed by atoms with Crippen LogP contribution in [-0.2, 0) is 16.1 Å². The van der Waals surface area contributed by atoms with Crippen molar-refractivity contribution in [2.75, 3.05) is 39.3 Å². The summed E-state index contributed by atoms with van der Waals surface area (Å²) in [6.45, 7) is 10.9. The molecule has 0 spiro atoms. The zero-order valence-electron chi connectivity index (χ0n) is 20.5. The third-order valence-electron chi connectivity index (χ3n) is 5.91. The average molecular weight is 466 g/mol. The molecule has 0 radical (unpaired) electrons. The number of hydrogen-bond acceptors (Lipinski definition) is 3. The summed E-state index contributed by atoms with van der Waals surface area (Å²) in [5.74, 6) is -0.138. The Morgan fingerprint density at radius 3 is 2.24 bits per heavy atom. The van der Waals surface area contributed by atoms with E-state index in [1.165, 1.54) is 12.1 Å². The average Bonchev–Trinajstić information content (AvgIpc) is 2.81. The van der Waals surface area contributed by atoms with Crippen LogP contribution >= 0.6 is 0 Å². The van der Waals surface area contributed by atoms with Gasteiger partial charge >= 0.3 is 0 Å². The van der Waals surface area contributed by atoms with Crippen molar-refractivity contribution >= 4 is 17.9 Å². The molecule has 0 aliphatic carbocycles. The van der Waals surface area contributed by atoms with E-state index in [-0.39, 0.29) is 23.0 Å². The first-order valence-corrected chi connectivity index (χ1v) is 12.0. The Hall–Kier alpha value is -2.99. The lowest BCUT2D eigenvalue weighted by Gasteiger charge is -2.36. The first kappa shape index (κ1) is 25.6. The van der Waals surface area contributed by atoms with Crippen LogP contribution in [0, 0.1) is 11.2 Å². The minimum atomic E-state index is -0.276. The Kier molecular flexibility index (Phi) is 8.99. The van der Waals surface area contributed by atoms with Crippen LogP contribution in [0.5, 0.6) is 0 Å². The Bertz CT molecular complexity index is 959. The molecule has 0 unspecified atom stereocenters. The molecule has 0 aromatic heterocycles. The van der Waals surface area contributed by atoms with E-state index in [0.717, 1.165) is 30.8 Å². The Labute approximate surface area is 202 Å². The Balaban J connectivity index is 1.51. The van der Waals surface area contributed by atoms with Crippen molar-refractivity contribution in [3.63, 3.8) is 0 Å². The smallest absolute Gasteiger partial charge is 0.246 e. The van der Waals surface area contributed by atoms with Gasteiger partial charge in [-0.3, -0.25) is 14.5 Å². The number of hydrogen-bond donors (Lipinski definition) is 0. The van der Waals surface area contributed by atoms with Gasteiger partial charge in [0.2, 0.25) is 11.8 Å². The maximum atomic E-state index is 13.3. The molecule has 2 aromatic carbocycles. The summed E-state index contributed by atoms with van der Waals surface area (Å²) < 4.78 is 13.3. The fraction of sp³-hybridized carbons (Fsp3) is 0.429. The van der Waals surface area contributed by atoms with Crippen LogP contribution in [0.3, 0.4) is 0 Å². The molecule has 5 nitrogen and oxygen atoms in total. The van der Waals surface area contributed by atoms with Gasteiger partial charge in [-0.05, 0) is 34.8 Å². The lowest BCUT2D eigenvalue weighted by atomic mass is 9.91. The molecule has 0 bridgehead atoms. The summed E-state index contributed by atoms with van der Waals surface area (Å²) in [5, 5.41) is 0. The first-order chi connectivity index (χ1) is 16.2. The molecule has 1 heterocycles. The van der Waals surface area contributed by atoms with E-state index in [9.17, 15) is 14.0 Å². The molecule has 34 heavy (non-hydrogen) atoms. The second kappa shape index (κ2) is 11.9. The molecule has 0 saturated carbocycles. The van der Waals surface area contributed by atoms with Crippen molar-refractivity contribution in [1.29, 1.82) is 0 Å². The molecule has 1 aliphatic rings. The fourth-order valence-corrected chi connectivity index (χ4v) is 3.96. The predicted octanol–water partition coefficient (Wildman–Crippen LogP) is 4.45. The summed E-state index contributed by atoms with van der Waals surface area (Å²) in [7, 11) is 0. The second-order valence-corrected chi connectivity index (χ2v) is 10.1. The van der Waals surface area contributed by atoms with E-state index in [2.05, 4.69) is 25.7 Å². The molecule has 182 valence electrons. The molecule has 1 fully saturated rings. The highest BCUT2D eigenvalue weighted by atomic mass is 19.1. The van der Waals surface area contributed by atoms with Crippen LogP contribution in [0.1, 0.15) is 38.3 Å². The predicted molar refractivity (Wildman–Crippen MR) is 134 cm³/mol. The lowest BCUT2D eigenvalue weighted by molar-refractivity contribution is -0.134. The highest BCUT2D eigenvalue weighted by Crippen LogP contribution is 2.21. The number of piperazine rings is 1. The van der Waals surface area contributed by atoms with Gasteiger partial charge in [0, 0.05) is 58.3 Å². The van der Waals surface area contributed by atoms with Crippen molar-refractivity contribution < 1.29 is 14.0 Å². The van der Waals surface area contributed by atoms with E-state index in [0.29, 0.717) is 32.6 Å².